The first-order valence-corrected chi connectivity index (χ1v) is 8.04. The molecule has 0 N–H and O–H groups in total. The van der Waals surface area contributed by atoms with Gasteiger partial charge in [0.1, 0.15) is 11.5 Å². The highest BCUT2D eigenvalue weighted by Gasteiger charge is 2.25. The second kappa shape index (κ2) is 5.95. The summed E-state index contributed by atoms with van der Waals surface area (Å²) in [5.41, 5.74) is 3.59. The van der Waals surface area contributed by atoms with Crippen molar-refractivity contribution in [2.75, 3.05) is 0 Å². The Morgan fingerprint density at radius 2 is 1.87 bits per heavy atom. The first kappa shape index (κ1) is 14.1. The highest BCUT2D eigenvalue weighted by molar-refractivity contribution is 5.54. The Morgan fingerprint density at radius 1 is 1.04 bits per heavy atom. The van der Waals surface area contributed by atoms with Gasteiger partial charge in [0, 0.05) is 23.4 Å². The third-order valence-electron chi connectivity index (χ3n) is 4.54. The van der Waals surface area contributed by atoms with E-state index in [0.29, 0.717) is 18.0 Å². The first-order valence-electron chi connectivity index (χ1n) is 8.04. The predicted molar refractivity (Wildman–Crippen MR) is 87.6 cm³/mol. The number of hydrogen-bond donors (Lipinski definition) is 0. The van der Waals surface area contributed by atoms with Crippen LogP contribution >= 0.6 is 0 Å². The lowest BCUT2D eigenvalue weighted by Crippen LogP contribution is -2.16. The zero-order valence-corrected chi connectivity index (χ0v) is 12.8. The average Bonchev–Trinajstić information content (AvgIpc) is 2.92. The molecular weight excluding hydrogens is 289 g/mol. The topological polar surface area (TPSA) is 30.7 Å². The van der Waals surface area contributed by atoms with E-state index in [4.69, 9.17) is 5.10 Å². The van der Waals surface area contributed by atoms with Crippen molar-refractivity contribution in [3.63, 3.8) is 0 Å². The van der Waals surface area contributed by atoms with Gasteiger partial charge in [-0.15, -0.1) is 0 Å². The van der Waals surface area contributed by atoms with Crippen molar-refractivity contribution in [3.8, 4) is 11.4 Å². The number of rotatable bonds is 4. The Morgan fingerprint density at radius 3 is 2.57 bits per heavy atom. The van der Waals surface area contributed by atoms with Gasteiger partial charge in [0.15, 0.2) is 0 Å². The summed E-state index contributed by atoms with van der Waals surface area (Å²) in [6.45, 7) is 0.464. The fraction of sp³-hybridized carbons (Fsp3) is 0.263. The minimum absolute atomic E-state index is 0.179. The summed E-state index contributed by atoms with van der Waals surface area (Å²) in [6, 6.07) is 14.8. The molecule has 1 aliphatic rings. The second-order valence-corrected chi connectivity index (χ2v) is 6.05. The second-order valence-electron chi connectivity index (χ2n) is 6.05. The largest absolute Gasteiger partial charge is 0.264 e. The highest BCUT2D eigenvalue weighted by atomic mass is 19.1. The maximum Gasteiger partial charge on any atom is 0.128 e. The van der Waals surface area contributed by atoms with Gasteiger partial charge in [-0.2, -0.15) is 5.10 Å². The van der Waals surface area contributed by atoms with Gasteiger partial charge in [0.05, 0.1) is 12.2 Å². The molecule has 0 unspecified atom stereocenters. The molecule has 0 aliphatic heterocycles. The molecule has 116 valence electrons. The molecular formula is C19H18FN3. The van der Waals surface area contributed by atoms with Crippen molar-refractivity contribution in [2.24, 2.45) is 0 Å². The van der Waals surface area contributed by atoms with Crippen LogP contribution in [0.1, 0.15) is 36.4 Å². The lowest BCUT2D eigenvalue weighted by molar-refractivity contribution is 0.391. The number of nitrogens with zero attached hydrogens (tertiary/aromatic N) is 3. The van der Waals surface area contributed by atoms with Crippen molar-refractivity contribution in [1.82, 2.24) is 14.8 Å². The lowest BCUT2D eigenvalue weighted by atomic mass is 9.82. The van der Waals surface area contributed by atoms with Gasteiger partial charge in [-0.05, 0) is 37.1 Å². The maximum atomic E-state index is 14.0. The van der Waals surface area contributed by atoms with Crippen LogP contribution < -0.4 is 0 Å². The molecule has 0 saturated heterocycles. The zero-order valence-electron chi connectivity index (χ0n) is 12.8. The summed E-state index contributed by atoms with van der Waals surface area (Å²) in [5, 5.41) is 4.71. The van der Waals surface area contributed by atoms with Crippen molar-refractivity contribution in [1.29, 1.82) is 0 Å². The van der Waals surface area contributed by atoms with E-state index in [0.717, 1.165) is 11.4 Å². The third kappa shape index (κ3) is 2.77. The van der Waals surface area contributed by atoms with E-state index in [-0.39, 0.29) is 5.82 Å². The standard InChI is InChI=1S/C19H18FN3/c20-16-9-2-1-6-15(16)13-23-19(14-7-5-8-14)12-18(22-23)17-10-3-4-11-21-17/h1-4,6,9-12,14H,5,7-8,13H2. The van der Waals surface area contributed by atoms with Crippen LogP contribution in [0.2, 0.25) is 0 Å². The molecule has 4 rings (SSSR count). The molecule has 0 radical (unpaired) electrons. The normalized spacial score (nSPS) is 14.7. The van der Waals surface area contributed by atoms with E-state index >= 15 is 0 Å². The molecule has 1 aromatic carbocycles. The van der Waals surface area contributed by atoms with Crippen molar-refractivity contribution >= 4 is 0 Å². The van der Waals surface area contributed by atoms with E-state index in [1.165, 1.54) is 31.0 Å². The minimum atomic E-state index is -0.179. The van der Waals surface area contributed by atoms with Gasteiger partial charge >= 0.3 is 0 Å². The van der Waals surface area contributed by atoms with E-state index < -0.39 is 0 Å². The summed E-state index contributed by atoms with van der Waals surface area (Å²) in [6.07, 6.45) is 5.40. The van der Waals surface area contributed by atoms with Crippen LogP contribution in [-0.2, 0) is 6.54 Å². The molecule has 0 spiro atoms. The van der Waals surface area contributed by atoms with E-state index in [2.05, 4.69) is 11.1 Å². The Balaban J connectivity index is 1.72. The van der Waals surface area contributed by atoms with Crippen LogP contribution in [0.15, 0.2) is 54.7 Å². The minimum Gasteiger partial charge on any atom is -0.264 e. The molecule has 1 saturated carbocycles. The van der Waals surface area contributed by atoms with Crippen LogP contribution in [0.5, 0.6) is 0 Å². The van der Waals surface area contributed by atoms with Crippen LogP contribution in [-0.4, -0.2) is 14.8 Å². The molecule has 2 aromatic heterocycles. The van der Waals surface area contributed by atoms with Crippen LogP contribution in [0.25, 0.3) is 11.4 Å². The Hall–Kier alpha value is -2.49. The predicted octanol–water partition coefficient (Wildman–Crippen LogP) is 4.40. The molecule has 0 bridgehead atoms. The Kier molecular flexibility index (Phi) is 3.66. The van der Waals surface area contributed by atoms with Gasteiger partial charge in [-0.25, -0.2) is 4.39 Å². The summed E-state index contributed by atoms with van der Waals surface area (Å²) in [4.78, 5) is 4.38. The quantitative estimate of drug-likeness (QED) is 0.715. The summed E-state index contributed by atoms with van der Waals surface area (Å²) in [7, 11) is 0. The highest BCUT2D eigenvalue weighted by Crippen LogP contribution is 2.37. The number of pyridine rings is 1. The Bertz CT molecular complexity index is 806. The van der Waals surface area contributed by atoms with E-state index in [1.54, 1.807) is 12.3 Å². The molecule has 3 nitrogen and oxygen atoms in total. The first-order chi connectivity index (χ1) is 11.3. The zero-order chi connectivity index (χ0) is 15.6. The van der Waals surface area contributed by atoms with Gasteiger partial charge in [-0.3, -0.25) is 9.67 Å². The van der Waals surface area contributed by atoms with Crippen LogP contribution in [0, 0.1) is 5.82 Å². The Labute approximate surface area is 134 Å². The maximum absolute atomic E-state index is 14.0. The van der Waals surface area contributed by atoms with Crippen LogP contribution in [0.4, 0.5) is 4.39 Å². The average molecular weight is 307 g/mol. The molecule has 1 fully saturated rings. The fourth-order valence-corrected chi connectivity index (χ4v) is 3.02. The summed E-state index contributed by atoms with van der Waals surface area (Å²) in [5.74, 6) is 0.355. The molecule has 0 atom stereocenters. The molecule has 0 amide bonds. The van der Waals surface area contributed by atoms with E-state index in [1.807, 2.05) is 35.0 Å². The van der Waals surface area contributed by atoms with Crippen molar-refractivity contribution in [2.45, 2.75) is 31.7 Å². The fourth-order valence-electron chi connectivity index (χ4n) is 3.02. The van der Waals surface area contributed by atoms with Gasteiger partial charge in [0.25, 0.3) is 0 Å². The lowest BCUT2D eigenvalue weighted by Gasteiger charge is -2.26. The van der Waals surface area contributed by atoms with Gasteiger partial charge < -0.3 is 0 Å². The van der Waals surface area contributed by atoms with Gasteiger partial charge in [0.2, 0.25) is 0 Å². The number of halogens is 1. The van der Waals surface area contributed by atoms with Crippen LogP contribution in [0.3, 0.4) is 0 Å². The van der Waals surface area contributed by atoms with Crippen molar-refractivity contribution in [3.05, 3.63) is 71.8 Å². The SMILES string of the molecule is Fc1ccccc1Cn1nc(-c2ccccn2)cc1C1CCC1. The van der Waals surface area contributed by atoms with Crippen molar-refractivity contribution < 1.29 is 4.39 Å². The number of benzene rings is 1. The summed E-state index contributed by atoms with van der Waals surface area (Å²) < 4.78 is 15.9. The van der Waals surface area contributed by atoms with Gasteiger partial charge in [-0.1, -0.05) is 30.7 Å². The monoisotopic (exact) mass is 307 g/mol. The third-order valence-corrected chi connectivity index (χ3v) is 4.54. The molecule has 1 aliphatic carbocycles. The smallest absolute Gasteiger partial charge is 0.128 e. The molecule has 3 aromatic rings. The molecule has 2 heterocycles. The number of aromatic nitrogens is 3. The van der Waals surface area contributed by atoms with E-state index in [9.17, 15) is 4.39 Å². The summed E-state index contributed by atoms with van der Waals surface area (Å²) >= 11 is 0. The number of hydrogen-bond acceptors (Lipinski definition) is 2. The molecule has 4 heteroatoms. The molecule has 23 heavy (non-hydrogen) atoms.